The summed E-state index contributed by atoms with van der Waals surface area (Å²) in [6, 6.07) is 6.25. The van der Waals surface area contributed by atoms with E-state index in [4.69, 9.17) is 15.3 Å². The van der Waals surface area contributed by atoms with Crippen LogP contribution in [-0.2, 0) is 19.3 Å². The standard InChI is InChI=1S/C15H24O3/c16-10-2-7-13-5-1-6-14(8-3-11-17)15(13)9-4-12-18/h1,5-6,16-18H,2-4,7-12H2. The van der Waals surface area contributed by atoms with Gasteiger partial charge in [0.25, 0.3) is 0 Å². The van der Waals surface area contributed by atoms with Gasteiger partial charge in [-0.3, -0.25) is 0 Å². The lowest BCUT2D eigenvalue weighted by Gasteiger charge is -2.14. The van der Waals surface area contributed by atoms with E-state index in [0.29, 0.717) is 0 Å². The minimum atomic E-state index is 0.202. The molecule has 0 saturated heterocycles. The van der Waals surface area contributed by atoms with E-state index in [1.807, 2.05) is 6.07 Å². The predicted octanol–water partition coefficient (Wildman–Crippen LogP) is 1.46. The van der Waals surface area contributed by atoms with Gasteiger partial charge in [-0.2, -0.15) is 0 Å². The fraction of sp³-hybridized carbons (Fsp3) is 0.600. The molecule has 0 radical (unpaired) electrons. The summed E-state index contributed by atoms with van der Waals surface area (Å²) in [4.78, 5) is 0. The van der Waals surface area contributed by atoms with Crippen molar-refractivity contribution in [2.75, 3.05) is 19.8 Å². The zero-order valence-electron chi connectivity index (χ0n) is 10.9. The van der Waals surface area contributed by atoms with Crippen molar-refractivity contribution in [1.82, 2.24) is 0 Å². The van der Waals surface area contributed by atoms with Crippen LogP contribution in [0.4, 0.5) is 0 Å². The maximum Gasteiger partial charge on any atom is 0.0434 e. The molecule has 0 aliphatic heterocycles. The molecule has 1 aromatic rings. The van der Waals surface area contributed by atoms with Gasteiger partial charge in [-0.05, 0) is 55.2 Å². The van der Waals surface area contributed by atoms with Crippen molar-refractivity contribution in [3.8, 4) is 0 Å². The average Bonchev–Trinajstić information content (AvgIpc) is 2.41. The summed E-state index contributed by atoms with van der Waals surface area (Å²) in [5.41, 5.74) is 3.84. The molecule has 0 fully saturated rings. The molecule has 3 N–H and O–H groups in total. The third-order valence-corrected chi connectivity index (χ3v) is 3.16. The van der Waals surface area contributed by atoms with Gasteiger partial charge >= 0.3 is 0 Å². The molecule has 3 nitrogen and oxygen atoms in total. The molecule has 0 saturated carbocycles. The van der Waals surface area contributed by atoms with Crippen molar-refractivity contribution in [1.29, 1.82) is 0 Å². The van der Waals surface area contributed by atoms with Crippen LogP contribution in [0.15, 0.2) is 18.2 Å². The largest absolute Gasteiger partial charge is 0.396 e. The van der Waals surface area contributed by atoms with Gasteiger partial charge in [0.05, 0.1) is 0 Å². The summed E-state index contributed by atoms with van der Waals surface area (Å²) < 4.78 is 0. The Balaban J connectivity index is 2.85. The minimum absolute atomic E-state index is 0.202. The van der Waals surface area contributed by atoms with Crippen LogP contribution >= 0.6 is 0 Å². The molecular formula is C15H24O3. The van der Waals surface area contributed by atoms with Gasteiger partial charge in [0.15, 0.2) is 0 Å². The van der Waals surface area contributed by atoms with Gasteiger partial charge in [-0.15, -0.1) is 0 Å². The number of aryl methyl sites for hydroxylation is 2. The first-order valence-corrected chi connectivity index (χ1v) is 6.75. The first-order chi connectivity index (χ1) is 8.83. The monoisotopic (exact) mass is 252 g/mol. The van der Waals surface area contributed by atoms with Crippen molar-refractivity contribution in [2.45, 2.75) is 38.5 Å². The summed E-state index contributed by atoms with van der Waals surface area (Å²) in [7, 11) is 0. The summed E-state index contributed by atoms with van der Waals surface area (Å²) in [5.74, 6) is 0. The normalized spacial score (nSPS) is 10.8. The van der Waals surface area contributed by atoms with E-state index >= 15 is 0 Å². The molecule has 0 bridgehead atoms. The van der Waals surface area contributed by atoms with E-state index < -0.39 is 0 Å². The quantitative estimate of drug-likeness (QED) is 0.623. The molecular weight excluding hydrogens is 228 g/mol. The highest BCUT2D eigenvalue weighted by atomic mass is 16.3. The highest BCUT2D eigenvalue weighted by Crippen LogP contribution is 2.20. The molecule has 0 aromatic heterocycles. The molecule has 18 heavy (non-hydrogen) atoms. The summed E-state index contributed by atoms with van der Waals surface area (Å²) >= 11 is 0. The van der Waals surface area contributed by atoms with Crippen LogP contribution in [0, 0.1) is 0 Å². The lowest BCUT2D eigenvalue weighted by Crippen LogP contribution is -2.04. The van der Waals surface area contributed by atoms with Gasteiger partial charge in [0.2, 0.25) is 0 Å². The maximum atomic E-state index is 8.98. The summed E-state index contributed by atoms with van der Waals surface area (Å²) in [5, 5.41) is 26.8. The molecule has 102 valence electrons. The van der Waals surface area contributed by atoms with Gasteiger partial charge in [-0.25, -0.2) is 0 Å². The minimum Gasteiger partial charge on any atom is -0.396 e. The third-order valence-electron chi connectivity index (χ3n) is 3.16. The Morgan fingerprint density at radius 1 is 0.667 bits per heavy atom. The van der Waals surface area contributed by atoms with Gasteiger partial charge in [0, 0.05) is 19.8 Å². The third kappa shape index (κ3) is 4.77. The highest BCUT2D eigenvalue weighted by Gasteiger charge is 2.08. The topological polar surface area (TPSA) is 60.7 Å². The fourth-order valence-electron chi connectivity index (χ4n) is 2.27. The van der Waals surface area contributed by atoms with Gasteiger partial charge in [0.1, 0.15) is 0 Å². The van der Waals surface area contributed by atoms with Crippen LogP contribution in [0.1, 0.15) is 36.0 Å². The number of rotatable bonds is 9. The van der Waals surface area contributed by atoms with E-state index in [0.717, 1.165) is 38.5 Å². The summed E-state index contributed by atoms with van der Waals surface area (Å²) in [6.07, 6.45) is 4.95. The molecule has 0 unspecified atom stereocenters. The fourth-order valence-corrected chi connectivity index (χ4v) is 2.27. The Morgan fingerprint density at radius 2 is 1.11 bits per heavy atom. The molecule has 3 heteroatoms. The molecule has 0 amide bonds. The Kier molecular flexibility index (Phi) is 7.65. The smallest absolute Gasteiger partial charge is 0.0434 e. The maximum absolute atomic E-state index is 8.98. The van der Waals surface area contributed by atoms with E-state index in [9.17, 15) is 0 Å². The lowest BCUT2D eigenvalue weighted by atomic mass is 9.92. The van der Waals surface area contributed by atoms with Crippen LogP contribution in [0.3, 0.4) is 0 Å². The first kappa shape index (κ1) is 15.2. The SMILES string of the molecule is OCCCc1cccc(CCCO)c1CCCO. The van der Waals surface area contributed by atoms with Crippen molar-refractivity contribution in [2.24, 2.45) is 0 Å². The van der Waals surface area contributed by atoms with Gasteiger partial charge in [-0.1, -0.05) is 18.2 Å². The molecule has 0 aliphatic rings. The average molecular weight is 252 g/mol. The highest BCUT2D eigenvalue weighted by molar-refractivity contribution is 5.36. The predicted molar refractivity (Wildman–Crippen MR) is 72.7 cm³/mol. The van der Waals surface area contributed by atoms with E-state index in [1.165, 1.54) is 16.7 Å². The number of hydrogen-bond acceptors (Lipinski definition) is 3. The zero-order valence-corrected chi connectivity index (χ0v) is 10.9. The number of hydrogen-bond donors (Lipinski definition) is 3. The lowest BCUT2D eigenvalue weighted by molar-refractivity contribution is 0.284. The molecule has 0 aliphatic carbocycles. The van der Waals surface area contributed by atoms with Gasteiger partial charge < -0.3 is 15.3 Å². The molecule has 0 spiro atoms. The van der Waals surface area contributed by atoms with Crippen molar-refractivity contribution in [3.05, 3.63) is 34.9 Å². The Hall–Kier alpha value is -0.900. The number of benzene rings is 1. The van der Waals surface area contributed by atoms with Crippen LogP contribution in [-0.4, -0.2) is 35.1 Å². The van der Waals surface area contributed by atoms with Crippen molar-refractivity contribution >= 4 is 0 Å². The Morgan fingerprint density at radius 3 is 1.56 bits per heavy atom. The summed E-state index contributed by atoms with van der Waals surface area (Å²) in [6.45, 7) is 0.619. The number of aliphatic hydroxyl groups is 3. The second-order valence-corrected chi connectivity index (χ2v) is 4.54. The van der Waals surface area contributed by atoms with E-state index in [-0.39, 0.29) is 19.8 Å². The first-order valence-electron chi connectivity index (χ1n) is 6.75. The van der Waals surface area contributed by atoms with Crippen LogP contribution < -0.4 is 0 Å². The zero-order chi connectivity index (χ0) is 13.2. The Bertz CT molecular complexity index is 310. The Labute approximate surface area is 109 Å². The second-order valence-electron chi connectivity index (χ2n) is 4.54. The molecule has 0 heterocycles. The van der Waals surface area contributed by atoms with Crippen molar-refractivity contribution < 1.29 is 15.3 Å². The number of aliphatic hydroxyl groups excluding tert-OH is 3. The van der Waals surface area contributed by atoms with Crippen molar-refractivity contribution in [3.63, 3.8) is 0 Å². The van der Waals surface area contributed by atoms with Crippen LogP contribution in [0.5, 0.6) is 0 Å². The molecule has 0 atom stereocenters. The second kappa shape index (κ2) is 9.09. The molecule has 1 aromatic carbocycles. The molecule has 1 rings (SSSR count). The van der Waals surface area contributed by atoms with E-state index in [2.05, 4.69) is 12.1 Å². The van der Waals surface area contributed by atoms with E-state index in [1.54, 1.807) is 0 Å². The van der Waals surface area contributed by atoms with Crippen LogP contribution in [0.2, 0.25) is 0 Å². The van der Waals surface area contributed by atoms with Crippen LogP contribution in [0.25, 0.3) is 0 Å².